The summed E-state index contributed by atoms with van der Waals surface area (Å²) in [6.45, 7) is 3.15. The number of carbonyl (C=O) groups is 1. The lowest BCUT2D eigenvalue weighted by Crippen LogP contribution is -2.53. The van der Waals surface area contributed by atoms with Crippen LogP contribution in [0.4, 0.5) is 0 Å². The number of carbonyl (C=O) groups excluding carboxylic acids is 1. The first kappa shape index (κ1) is 15.2. The van der Waals surface area contributed by atoms with E-state index in [1.807, 2.05) is 24.3 Å². The molecule has 2 rings (SSSR count). The smallest absolute Gasteiger partial charge is 0.331 e. The first-order valence-electron chi connectivity index (χ1n) is 6.90. The summed E-state index contributed by atoms with van der Waals surface area (Å²) >= 11 is 0. The summed E-state index contributed by atoms with van der Waals surface area (Å²) in [4.78, 5) is 15.2. The summed E-state index contributed by atoms with van der Waals surface area (Å²) in [7, 11) is 0. The Morgan fingerprint density at radius 3 is 3.14 bits per heavy atom. The third kappa shape index (κ3) is 3.09. The van der Waals surface area contributed by atoms with Crippen LogP contribution < -0.4 is 10.1 Å². The summed E-state index contributed by atoms with van der Waals surface area (Å²) in [5.74, 6) is 0.342. The van der Waals surface area contributed by atoms with Crippen LogP contribution in [-0.4, -0.2) is 32.3 Å². The van der Waals surface area contributed by atoms with Gasteiger partial charge in [-0.1, -0.05) is 23.3 Å². The lowest BCUT2D eigenvalue weighted by molar-refractivity contribution is -0.153. The molecule has 0 fully saturated rings. The molecule has 21 heavy (non-hydrogen) atoms. The molecule has 0 aromatic heterocycles. The lowest BCUT2D eigenvalue weighted by Gasteiger charge is -2.37. The maximum absolute atomic E-state index is 12.5. The third-order valence-electron chi connectivity index (χ3n) is 3.41. The van der Waals surface area contributed by atoms with Gasteiger partial charge in [0, 0.05) is 30.0 Å². The quantitative estimate of drug-likeness (QED) is 0.285. The number of nitrogens with zero attached hydrogens (tertiary/aromatic N) is 3. The molecule has 7 nitrogen and oxygen atoms in total. The van der Waals surface area contributed by atoms with Crippen LogP contribution in [0.1, 0.15) is 18.9 Å². The molecule has 112 valence electrons. The topological polar surface area (TPSA) is 96.3 Å². The van der Waals surface area contributed by atoms with Crippen LogP contribution in [0.5, 0.6) is 5.75 Å². The number of esters is 1. The number of ether oxygens (including phenoxy) is 2. The molecule has 0 amide bonds. The summed E-state index contributed by atoms with van der Waals surface area (Å²) in [6.07, 6.45) is 0.471. The van der Waals surface area contributed by atoms with Gasteiger partial charge in [0.15, 0.2) is 0 Å². The minimum Gasteiger partial charge on any atom is -0.493 e. The molecule has 1 unspecified atom stereocenters. The number of para-hydroxylation sites is 1. The number of hydrogen-bond donors (Lipinski definition) is 1. The van der Waals surface area contributed by atoms with Crippen LogP contribution >= 0.6 is 0 Å². The molecule has 0 saturated heterocycles. The molecule has 0 bridgehead atoms. The summed E-state index contributed by atoms with van der Waals surface area (Å²) < 4.78 is 10.8. The normalized spacial score (nSPS) is 19.9. The van der Waals surface area contributed by atoms with E-state index in [-0.39, 0.29) is 12.5 Å². The zero-order valence-electron chi connectivity index (χ0n) is 11.9. The van der Waals surface area contributed by atoms with Crippen molar-refractivity contribution in [2.45, 2.75) is 18.9 Å². The second kappa shape index (κ2) is 6.97. The Kier molecular flexibility index (Phi) is 5.03. The van der Waals surface area contributed by atoms with Crippen LogP contribution in [-0.2, 0) is 15.1 Å². The zero-order valence-corrected chi connectivity index (χ0v) is 11.9. The largest absolute Gasteiger partial charge is 0.493 e. The number of benzene rings is 1. The zero-order chi connectivity index (χ0) is 15.1. The third-order valence-corrected chi connectivity index (χ3v) is 3.41. The molecule has 1 aromatic rings. The van der Waals surface area contributed by atoms with Crippen molar-refractivity contribution in [1.82, 2.24) is 5.32 Å². The van der Waals surface area contributed by atoms with Crippen LogP contribution in [0, 0.1) is 0 Å². The van der Waals surface area contributed by atoms with Gasteiger partial charge >= 0.3 is 5.97 Å². The van der Waals surface area contributed by atoms with Gasteiger partial charge in [0.2, 0.25) is 0 Å². The van der Waals surface area contributed by atoms with Crippen molar-refractivity contribution in [2.24, 2.45) is 5.11 Å². The second-order valence-corrected chi connectivity index (χ2v) is 4.60. The molecular formula is C14H18N4O3. The molecule has 1 heterocycles. The fourth-order valence-electron chi connectivity index (χ4n) is 2.48. The molecule has 0 saturated carbocycles. The van der Waals surface area contributed by atoms with Gasteiger partial charge < -0.3 is 9.47 Å². The first-order valence-corrected chi connectivity index (χ1v) is 6.90. The van der Waals surface area contributed by atoms with Gasteiger partial charge in [0.1, 0.15) is 11.3 Å². The van der Waals surface area contributed by atoms with E-state index < -0.39 is 5.54 Å². The highest BCUT2D eigenvalue weighted by Gasteiger charge is 2.45. The van der Waals surface area contributed by atoms with Crippen LogP contribution in [0.15, 0.2) is 29.4 Å². The maximum atomic E-state index is 12.5. The molecule has 0 spiro atoms. The van der Waals surface area contributed by atoms with Crippen molar-refractivity contribution in [3.8, 4) is 5.75 Å². The predicted octanol–water partition coefficient (Wildman–Crippen LogP) is 2.13. The summed E-state index contributed by atoms with van der Waals surface area (Å²) in [5, 5.41) is 6.67. The molecule has 0 radical (unpaired) electrons. The van der Waals surface area contributed by atoms with E-state index >= 15 is 0 Å². The molecule has 0 aliphatic carbocycles. The molecule has 1 atom stereocenters. The second-order valence-electron chi connectivity index (χ2n) is 4.60. The lowest BCUT2D eigenvalue weighted by atomic mass is 9.84. The Hall–Kier alpha value is -2.24. The van der Waals surface area contributed by atoms with Gasteiger partial charge in [-0.05, 0) is 18.5 Å². The standard InChI is InChI=1S/C14H18N4O3/c1-2-20-13(19)14(16-8-9-17-18-15)7-10-21-12-6-4-3-5-11(12)14/h3-6,16H,2,7-10H2,1H3. The highest BCUT2D eigenvalue weighted by Crippen LogP contribution is 2.37. The molecule has 7 heteroatoms. The Morgan fingerprint density at radius 2 is 2.38 bits per heavy atom. The van der Waals surface area contributed by atoms with E-state index in [1.54, 1.807) is 6.92 Å². The van der Waals surface area contributed by atoms with E-state index in [2.05, 4.69) is 15.3 Å². The Balaban J connectivity index is 2.32. The minimum absolute atomic E-state index is 0.265. The predicted molar refractivity (Wildman–Crippen MR) is 76.9 cm³/mol. The van der Waals surface area contributed by atoms with Gasteiger partial charge in [-0.25, -0.2) is 4.79 Å². The van der Waals surface area contributed by atoms with Crippen LogP contribution in [0.3, 0.4) is 0 Å². The van der Waals surface area contributed by atoms with Gasteiger partial charge in [-0.15, -0.1) is 0 Å². The van der Waals surface area contributed by atoms with E-state index in [0.29, 0.717) is 31.9 Å². The van der Waals surface area contributed by atoms with Crippen molar-refractivity contribution in [3.63, 3.8) is 0 Å². The highest BCUT2D eigenvalue weighted by molar-refractivity contribution is 5.84. The monoisotopic (exact) mass is 290 g/mol. The number of fused-ring (bicyclic) bond motifs is 1. The Morgan fingerprint density at radius 1 is 1.57 bits per heavy atom. The molecule has 1 aliphatic rings. The average molecular weight is 290 g/mol. The number of nitrogens with one attached hydrogen (secondary N) is 1. The minimum atomic E-state index is -0.949. The Bertz CT molecular complexity index is 557. The highest BCUT2D eigenvalue weighted by atomic mass is 16.5. The maximum Gasteiger partial charge on any atom is 0.331 e. The van der Waals surface area contributed by atoms with Gasteiger partial charge in [0.25, 0.3) is 0 Å². The van der Waals surface area contributed by atoms with Crippen molar-refractivity contribution < 1.29 is 14.3 Å². The SMILES string of the molecule is CCOC(=O)C1(NCCN=[N+]=[N-])CCOc2ccccc21. The number of azide groups is 1. The molecular weight excluding hydrogens is 272 g/mol. The number of rotatable bonds is 6. The summed E-state index contributed by atoms with van der Waals surface area (Å²) in [6, 6.07) is 7.40. The first-order chi connectivity index (χ1) is 10.2. The fraction of sp³-hybridized carbons (Fsp3) is 0.500. The van der Waals surface area contributed by atoms with E-state index in [4.69, 9.17) is 15.0 Å². The van der Waals surface area contributed by atoms with Crippen molar-refractivity contribution >= 4 is 5.97 Å². The van der Waals surface area contributed by atoms with Gasteiger partial charge in [-0.3, -0.25) is 5.32 Å². The Labute approximate surface area is 122 Å². The van der Waals surface area contributed by atoms with E-state index in [1.165, 1.54) is 0 Å². The fourth-order valence-corrected chi connectivity index (χ4v) is 2.48. The molecule has 1 aromatic carbocycles. The van der Waals surface area contributed by atoms with Crippen LogP contribution in [0.25, 0.3) is 10.4 Å². The van der Waals surface area contributed by atoms with Gasteiger partial charge in [-0.2, -0.15) is 0 Å². The van der Waals surface area contributed by atoms with Gasteiger partial charge in [0.05, 0.1) is 13.2 Å². The average Bonchev–Trinajstić information content (AvgIpc) is 2.52. The van der Waals surface area contributed by atoms with Crippen LogP contribution in [0.2, 0.25) is 0 Å². The summed E-state index contributed by atoms with van der Waals surface area (Å²) in [5.41, 5.74) is 8.15. The molecule has 1 aliphatic heterocycles. The van der Waals surface area contributed by atoms with E-state index in [0.717, 1.165) is 5.56 Å². The van der Waals surface area contributed by atoms with E-state index in [9.17, 15) is 4.79 Å². The molecule has 1 N–H and O–H groups in total. The van der Waals surface area contributed by atoms with Crippen molar-refractivity contribution in [2.75, 3.05) is 26.3 Å². The number of hydrogen-bond acceptors (Lipinski definition) is 5. The van der Waals surface area contributed by atoms with Crippen molar-refractivity contribution in [3.05, 3.63) is 40.3 Å². The van der Waals surface area contributed by atoms with Crippen molar-refractivity contribution in [1.29, 1.82) is 0 Å².